The van der Waals surface area contributed by atoms with Crippen LogP contribution in [0.1, 0.15) is 18.1 Å². The average Bonchev–Trinajstić information content (AvgIpc) is 3.14. The number of rotatable bonds is 3. The molecule has 0 fully saturated rings. The van der Waals surface area contributed by atoms with Crippen LogP contribution in [-0.4, -0.2) is 27.8 Å². The molecule has 7 nitrogen and oxygen atoms in total. The first-order valence-electron chi connectivity index (χ1n) is 8.65. The lowest BCUT2D eigenvalue weighted by atomic mass is 10.1. The molecule has 0 aliphatic carbocycles. The van der Waals surface area contributed by atoms with E-state index in [2.05, 4.69) is 20.1 Å². The molecule has 0 bridgehead atoms. The fraction of sp³-hybridized carbons (Fsp3) is 0.200. The molecule has 1 aliphatic rings. The lowest BCUT2D eigenvalue weighted by Gasteiger charge is -2.14. The van der Waals surface area contributed by atoms with Crippen molar-refractivity contribution in [1.82, 2.24) is 9.97 Å². The number of hydrogen-bond donors (Lipinski definition) is 2. The van der Waals surface area contributed by atoms with Crippen molar-refractivity contribution >= 4 is 40.2 Å². The van der Waals surface area contributed by atoms with Gasteiger partial charge in [0.1, 0.15) is 5.92 Å². The van der Waals surface area contributed by atoms with Gasteiger partial charge < -0.3 is 9.97 Å². The van der Waals surface area contributed by atoms with Gasteiger partial charge in [-0.25, -0.2) is 4.79 Å². The molecule has 1 atom stereocenters. The molecule has 2 heterocycles. The number of H-pyrrole nitrogens is 2. The normalized spacial score (nSPS) is 17.3. The van der Waals surface area contributed by atoms with E-state index in [1.807, 2.05) is 39.0 Å². The summed E-state index contributed by atoms with van der Waals surface area (Å²) < 4.78 is 0. The maximum atomic E-state index is 12.8. The summed E-state index contributed by atoms with van der Waals surface area (Å²) in [4.78, 5) is 34.0. The minimum atomic E-state index is -0.507. The molecule has 3 aromatic rings. The number of hydrogen-bond acceptors (Lipinski definition) is 4. The van der Waals surface area contributed by atoms with Crippen LogP contribution in [0.4, 0.5) is 11.4 Å². The van der Waals surface area contributed by atoms with Crippen molar-refractivity contribution in [2.24, 2.45) is 16.0 Å². The van der Waals surface area contributed by atoms with Crippen LogP contribution >= 0.6 is 0 Å². The van der Waals surface area contributed by atoms with E-state index in [9.17, 15) is 9.59 Å². The fourth-order valence-corrected chi connectivity index (χ4v) is 3.06. The number of benzene rings is 2. The lowest BCUT2D eigenvalue weighted by Crippen LogP contribution is -2.28. The Bertz CT molecular complexity index is 1170. The van der Waals surface area contributed by atoms with Gasteiger partial charge in [-0.05, 0) is 62.2 Å². The van der Waals surface area contributed by atoms with E-state index in [1.54, 1.807) is 24.4 Å². The van der Waals surface area contributed by atoms with Gasteiger partial charge in [0.2, 0.25) is 0 Å². The van der Waals surface area contributed by atoms with Crippen molar-refractivity contribution in [3.05, 3.63) is 58.0 Å². The molecule has 0 spiro atoms. The van der Waals surface area contributed by atoms with Gasteiger partial charge in [-0.2, -0.15) is 10.1 Å². The van der Waals surface area contributed by atoms with E-state index in [1.165, 1.54) is 10.6 Å². The number of amides is 1. The maximum absolute atomic E-state index is 12.8. The number of carbonyl (C=O) groups excluding carboxylic acids is 1. The molecule has 2 aromatic carbocycles. The zero-order valence-electron chi connectivity index (χ0n) is 15.3. The second kappa shape index (κ2) is 6.35. The second-order valence-corrected chi connectivity index (χ2v) is 6.72. The molecular weight excluding hydrogens is 342 g/mol. The molecule has 0 saturated heterocycles. The molecule has 7 heteroatoms. The van der Waals surface area contributed by atoms with Gasteiger partial charge >= 0.3 is 5.69 Å². The number of aliphatic imine (C=N–C) groups is 1. The van der Waals surface area contributed by atoms with E-state index in [-0.39, 0.29) is 11.6 Å². The quantitative estimate of drug-likeness (QED) is 0.701. The number of nitrogens with one attached hydrogen (secondary N) is 2. The zero-order valence-corrected chi connectivity index (χ0v) is 15.3. The van der Waals surface area contributed by atoms with Crippen molar-refractivity contribution < 1.29 is 4.79 Å². The molecule has 0 saturated carbocycles. The third kappa shape index (κ3) is 3.08. The molecule has 1 amide bonds. The van der Waals surface area contributed by atoms with Crippen LogP contribution in [0.15, 0.2) is 51.3 Å². The van der Waals surface area contributed by atoms with Gasteiger partial charge in [-0.15, -0.1) is 0 Å². The van der Waals surface area contributed by atoms with E-state index in [4.69, 9.17) is 0 Å². The Labute approximate surface area is 155 Å². The van der Waals surface area contributed by atoms with Crippen molar-refractivity contribution in [2.75, 3.05) is 5.01 Å². The molecule has 0 radical (unpaired) electrons. The van der Waals surface area contributed by atoms with Crippen LogP contribution in [0, 0.1) is 19.8 Å². The molecule has 2 N–H and O–H groups in total. The van der Waals surface area contributed by atoms with Crippen LogP contribution < -0.4 is 10.7 Å². The van der Waals surface area contributed by atoms with Crippen LogP contribution in [0.2, 0.25) is 0 Å². The lowest BCUT2D eigenvalue weighted by molar-refractivity contribution is -0.118. The third-order valence-electron chi connectivity index (χ3n) is 4.79. The third-order valence-corrected chi connectivity index (χ3v) is 4.79. The van der Waals surface area contributed by atoms with Crippen LogP contribution in [0.5, 0.6) is 0 Å². The number of hydrazone groups is 1. The summed E-state index contributed by atoms with van der Waals surface area (Å²) in [5.41, 5.74) is 5.51. The first kappa shape index (κ1) is 17.0. The number of aromatic nitrogens is 2. The highest BCUT2D eigenvalue weighted by Crippen LogP contribution is 2.26. The average molecular weight is 361 g/mol. The van der Waals surface area contributed by atoms with Crippen LogP contribution in [0.3, 0.4) is 0 Å². The molecule has 1 aromatic heterocycles. The largest absolute Gasteiger partial charge is 0.323 e. The molecule has 27 heavy (non-hydrogen) atoms. The molecule has 1 unspecified atom stereocenters. The van der Waals surface area contributed by atoms with E-state index in [0.717, 1.165) is 16.8 Å². The Kier molecular flexibility index (Phi) is 3.99. The van der Waals surface area contributed by atoms with Gasteiger partial charge in [-0.3, -0.25) is 9.79 Å². The highest BCUT2D eigenvalue weighted by atomic mass is 16.2. The van der Waals surface area contributed by atoms with Gasteiger partial charge in [-0.1, -0.05) is 6.07 Å². The number of nitrogens with zero attached hydrogens (tertiary/aromatic N) is 3. The van der Waals surface area contributed by atoms with Crippen LogP contribution in [0.25, 0.3) is 11.0 Å². The number of aromatic amines is 2. The Morgan fingerprint density at radius 2 is 1.78 bits per heavy atom. The summed E-state index contributed by atoms with van der Waals surface area (Å²) in [6.45, 7) is 5.86. The number of aryl methyl sites for hydroxylation is 2. The van der Waals surface area contributed by atoms with Gasteiger partial charge in [0, 0.05) is 6.21 Å². The number of imidazole rings is 1. The first-order valence-corrected chi connectivity index (χ1v) is 8.65. The molecule has 136 valence electrons. The van der Waals surface area contributed by atoms with E-state index < -0.39 is 5.92 Å². The summed E-state index contributed by atoms with van der Waals surface area (Å²) in [7, 11) is 0. The summed E-state index contributed by atoms with van der Waals surface area (Å²) >= 11 is 0. The van der Waals surface area contributed by atoms with E-state index >= 15 is 0 Å². The zero-order chi connectivity index (χ0) is 19.1. The van der Waals surface area contributed by atoms with Gasteiger partial charge in [0.25, 0.3) is 5.91 Å². The Balaban J connectivity index is 1.59. The van der Waals surface area contributed by atoms with Crippen LogP contribution in [-0.2, 0) is 4.79 Å². The Morgan fingerprint density at radius 3 is 2.56 bits per heavy atom. The number of fused-ring (bicyclic) bond motifs is 1. The summed E-state index contributed by atoms with van der Waals surface area (Å²) in [5.74, 6) is -0.636. The highest BCUT2D eigenvalue weighted by molar-refractivity contribution is 6.23. The first-order chi connectivity index (χ1) is 12.9. The van der Waals surface area contributed by atoms with Crippen molar-refractivity contribution in [3.63, 3.8) is 0 Å². The fourth-order valence-electron chi connectivity index (χ4n) is 3.06. The Hall–Kier alpha value is -3.48. The summed E-state index contributed by atoms with van der Waals surface area (Å²) in [6.07, 6.45) is 1.61. The standard InChI is InChI=1S/C20H19N5O2/c1-11-4-6-15(8-12(11)2)25-19(26)16(13(3)24-25)10-21-14-5-7-17-18(9-14)23-20(27)22-17/h4-10,16H,1-3H3,(H2,22,23,27). The van der Waals surface area contributed by atoms with Crippen molar-refractivity contribution in [1.29, 1.82) is 0 Å². The maximum Gasteiger partial charge on any atom is 0.323 e. The highest BCUT2D eigenvalue weighted by Gasteiger charge is 2.33. The monoisotopic (exact) mass is 361 g/mol. The molecule has 4 rings (SSSR count). The predicted molar refractivity (Wildman–Crippen MR) is 107 cm³/mol. The van der Waals surface area contributed by atoms with Gasteiger partial charge in [0.15, 0.2) is 0 Å². The summed E-state index contributed by atoms with van der Waals surface area (Å²) in [5, 5.41) is 5.85. The molecular formula is C20H19N5O2. The predicted octanol–water partition coefficient (Wildman–Crippen LogP) is 3.21. The molecule has 1 aliphatic heterocycles. The van der Waals surface area contributed by atoms with Gasteiger partial charge in [0.05, 0.1) is 28.1 Å². The van der Waals surface area contributed by atoms with Crippen molar-refractivity contribution in [3.8, 4) is 0 Å². The SMILES string of the molecule is CC1=NN(c2ccc(C)c(C)c2)C(=O)C1C=Nc1ccc2[nH]c(=O)[nH]c2c1. The number of carbonyl (C=O) groups is 1. The summed E-state index contributed by atoms with van der Waals surface area (Å²) in [6, 6.07) is 11.2. The van der Waals surface area contributed by atoms with E-state index in [0.29, 0.717) is 16.9 Å². The Morgan fingerprint density at radius 1 is 1.00 bits per heavy atom. The second-order valence-electron chi connectivity index (χ2n) is 6.72. The smallest absolute Gasteiger partial charge is 0.306 e. The minimum Gasteiger partial charge on any atom is -0.306 e. The number of anilines is 1. The minimum absolute atomic E-state index is 0.129. The topological polar surface area (TPSA) is 93.7 Å². The van der Waals surface area contributed by atoms with Crippen molar-refractivity contribution in [2.45, 2.75) is 20.8 Å².